The highest BCUT2D eigenvalue weighted by molar-refractivity contribution is 6.07. The first-order valence-corrected chi connectivity index (χ1v) is 7.29. The van der Waals surface area contributed by atoms with E-state index in [1.807, 2.05) is 24.3 Å². The van der Waals surface area contributed by atoms with Crippen LogP contribution in [0.4, 0.5) is 0 Å². The minimum Gasteiger partial charge on any atom is -0.497 e. The number of hydrogen-bond acceptors (Lipinski definition) is 5. The predicted molar refractivity (Wildman–Crippen MR) is 92.5 cm³/mol. The number of ketones is 1. The van der Waals surface area contributed by atoms with E-state index in [0.717, 1.165) is 11.3 Å². The molecular weight excluding hydrogens is 308 g/mol. The van der Waals surface area contributed by atoms with E-state index in [1.165, 1.54) is 27.4 Å². The summed E-state index contributed by atoms with van der Waals surface area (Å²) in [7, 11) is 6.15. The van der Waals surface area contributed by atoms with Gasteiger partial charge in [-0.05, 0) is 35.9 Å². The molecule has 0 aromatic heterocycles. The molecule has 0 aliphatic heterocycles. The lowest BCUT2D eigenvalue weighted by atomic mass is 10.1. The van der Waals surface area contributed by atoms with Crippen molar-refractivity contribution in [1.29, 1.82) is 0 Å². The summed E-state index contributed by atoms with van der Waals surface area (Å²) in [4.78, 5) is 12.4. The van der Waals surface area contributed by atoms with Crippen LogP contribution in [0.1, 0.15) is 15.9 Å². The second-order valence-corrected chi connectivity index (χ2v) is 4.88. The molecule has 5 nitrogen and oxygen atoms in total. The molecule has 0 saturated carbocycles. The molecule has 0 bridgehead atoms. The Morgan fingerprint density at radius 3 is 1.88 bits per heavy atom. The summed E-state index contributed by atoms with van der Waals surface area (Å²) in [6, 6.07) is 10.7. The summed E-state index contributed by atoms with van der Waals surface area (Å²) >= 11 is 0. The molecule has 0 fully saturated rings. The number of carbonyl (C=O) groups excluding carboxylic acids is 1. The Labute approximate surface area is 141 Å². The largest absolute Gasteiger partial charge is 0.497 e. The van der Waals surface area contributed by atoms with Crippen molar-refractivity contribution in [2.75, 3.05) is 28.4 Å². The summed E-state index contributed by atoms with van der Waals surface area (Å²) < 4.78 is 20.9. The van der Waals surface area contributed by atoms with Gasteiger partial charge in [0.25, 0.3) is 0 Å². The Kier molecular flexibility index (Phi) is 5.84. The van der Waals surface area contributed by atoms with Crippen LogP contribution in [0.2, 0.25) is 0 Å². The minimum absolute atomic E-state index is 0.162. The quantitative estimate of drug-likeness (QED) is 0.574. The van der Waals surface area contributed by atoms with Gasteiger partial charge in [0, 0.05) is 5.56 Å². The molecule has 0 radical (unpaired) electrons. The average molecular weight is 328 g/mol. The van der Waals surface area contributed by atoms with Gasteiger partial charge < -0.3 is 18.9 Å². The molecule has 0 saturated heterocycles. The summed E-state index contributed by atoms with van der Waals surface area (Å²) in [5.74, 6) is 1.94. The second kappa shape index (κ2) is 8.06. The third-order valence-corrected chi connectivity index (χ3v) is 3.49. The Morgan fingerprint density at radius 2 is 1.42 bits per heavy atom. The number of ether oxygens (including phenoxy) is 4. The van der Waals surface area contributed by atoms with E-state index in [4.69, 9.17) is 18.9 Å². The fourth-order valence-electron chi connectivity index (χ4n) is 2.21. The molecule has 5 heteroatoms. The normalized spacial score (nSPS) is 10.5. The lowest BCUT2D eigenvalue weighted by Crippen LogP contribution is -2.00. The van der Waals surface area contributed by atoms with Gasteiger partial charge in [0.15, 0.2) is 17.3 Å². The minimum atomic E-state index is -0.162. The van der Waals surface area contributed by atoms with Gasteiger partial charge in [-0.2, -0.15) is 0 Å². The highest BCUT2D eigenvalue weighted by atomic mass is 16.5. The van der Waals surface area contributed by atoms with Gasteiger partial charge in [-0.25, -0.2) is 0 Å². The van der Waals surface area contributed by atoms with Crippen LogP contribution in [0.15, 0.2) is 42.5 Å². The maximum atomic E-state index is 12.4. The van der Waals surface area contributed by atoms with Crippen LogP contribution in [-0.2, 0) is 0 Å². The Hall–Kier alpha value is -2.95. The topological polar surface area (TPSA) is 54.0 Å². The second-order valence-electron chi connectivity index (χ2n) is 4.88. The van der Waals surface area contributed by atoms with Gasteiger partial charge in [0.05, 0.1) is 28.4 Å². The molecule has 0 heterocycles. The van der Waals surface area contributed by atoms with Gasteiger partial charge in [0.2, 0.25) is 5.75 Å². The first-order chi connectivity index (χ1) is 11.6. The van der Waals surface area contributed by atoms with Crippen LogP contribution < -0.4 is 18.9 Å². The van der Waals surface area contributed by atoms with E-state index in [1.54, 1.807) is 25.3 Å². The van der Waals surface area contributed by atoms with Gasteiger partial charge in [-0.3, -0.25) is 4.79 Å². The molecule has 0 unspecified atom stereocenters. The van der Waals surface area contributed by atoms with Crippen LogP contribution in [-0.4, -0.2) is 34.2 Å². The van der Waals surface area contributed by atoms with E-state index >= 15 is 0 Å². The number of methoxy groups -OCH3 is 4. The number of allylic oxidation sites excluding steroid dienone is 1. The van der Waals surface area contributed by atoms with Crippen molar-refractivity contribution in [3.8, 4) is 23.0 Å². The molecule has 0 aliphatic rings. The summed E-state index contributed by atoms with van der Waals surface area (Å²) in [6.07, 6.45) is 3.24. The summed E-state index contributed by atoms with van der Waals surface area (Å²) in [5.41, 5.74) is 1.35. The highest BCUT2D eigenvalue weighted by Gasteiger charge is 2.15. The zero-order valence-electron chi connectivity index (χ0n) is 14.2. The van der Waals surface area contributed by atoms with Crippen molar-refractivity contribution >= 4 is 11.9 Å². The van der Waals surface area contributed by atoms with E-state index in [-0.39, 0.29) is 5.78 Å². The molecule has 0 aliphatic carbocycles. The molecule has 2 aromatic carbocycles. The van der Waals surface area contributed by atoms with Gasteiger partial charge >= 0.3 is 0 Å². The lowest BCUT2D eigenvalue weighted by Gasteiger charge is -2.13. The zero-order chi connectivity index (χ0) is 17.5. The fourth-order valence-corrected chi connectivity index (χ4v) is 2.21. The van der Waals surface area contributed by atoms with E-state index in [9.17, 15) is 4.79 Å². The lowest BCUT2D eigenvalue weighted by molar-refractivity contribution is 0.104. The molecular formula is C19H20O5. The summed E-state index contributed by atoms with van der Waals surface area (Å²) in [6.45, 7) is 0. The SMILES string of the molecule is COc1ccc(/C=C/C(=O)c2cc(OC)c(OC)c(OC)c2)cc1. The van der Waals surface area contributed by atoms with Crippen molar-refractivity contribution in [3.05, 3.63) is 53.6 Å². The highest BCUT2D eigenvalue weighted by Crippen LogP contribution is 2.38. The van der Waals surface area contributed by atoms with Crippen LogP contribution in [0.5, 0.6) is 23.0 Å². The molecule has 0 spiro atoms. The van der Waals surface area contributed by atoms with Crippen molar-refractivity contribution in [2.45, 2.75) is 0 Å². The smallest absolute Gasteiger partial charge is 0.203 e. The fraction of sp³-hybridized carbons (Fsp3) is 0.211. The third-order valence-electron chi connectivity index (χ3n) is 3.49. The van der Waals surface area contributed by atoms with E-state index in [0.29, 0.717) is 22.8 Å². The molecule has 126 valence electrons. The van der Waals surface area contributed by atoms with E-state index < -0.39 is 0 Å². The molecule has 0 amide bonds. The van der Waals surface area contributed by atoms with Crippen LogP contribution in [0.3, 0.4) is 0 Å². The predicted octanol–water partition coefficient (Wildman–Crippen LogP) is 3.62. The number of rotatable bonds is 7. The first-order valence-electron chi connectivity index (χ1n) is 7.29. The maximum absolute atomic E-state index is 12.4. The average Bonchev–Trinajstić information content (AvgIpc) is 2.65. The van der Waals surface area contributed by atoms with Crippen LogP contribution in [0.25, 0.3) is 6.08 Å². The van der Waals surface area contributed by atoms with Crippen molar-refractivity contribution < 1.29 is 23.7 Å². The van der Waals surface area contributed by atoms with Crippen molar-refractivity contribution in [1.82, 2.24) is 0 Å². The molecule has 24 heavy (non-hydrogen) atoms. The van der Waals surface area contributed by atoms with Crippen molar-refractivity contribution in [3.63, 3.8) is 0 Å². The van der Waals surface area contributed by atoms with Gasteiger partial charge in [-0.15, -0.1) is 0 Å². The van der Waals surface area contributed by atoms with Gasteiger partial charge in [0.1, 0.15) is 5.75 Å². The standard InChI is InChI=1S/C19H20O5/c1-21-15-8-5-13(6-9-15)7-10-16(20)14-11-17(22-2)19(24-4)18(12-14)23-3/h5-12H,1-4H3/b10-7+. The Bertz CT molecular complexity index is 707. The monoisotopic (exact) mass is 328 g/mol. The molecule has 2 rings (SSSR count). The first kappa shape index (κ1) is 17.4. The molecule has 0 N–H and O–H groups in total. The third kappa shape index (κ3) is 3.87. The zero-order valence-corrected chi connectivity index (χ0v) is 14.2. The number of benzene rings is 2. The molecule has 2 aromatic rings. The Balaban J connectivity index is 2.26. The van der Waals surface area contributed by atoms with Crippen LogP contribution in [0, 0.1) is 0 Å². The number of hydrogen-bond donors (Lipinski definition) is 0. The summed E-state index contributed by atoms with van der Waals surface area (Å²) in [5, 5.41) is 0. The Morgan fingerprint density at radius 1 is 0.833 bits per heavy atom. The number of carbonyl (C=O) groups is 1. The van der Waals surface area contributed by atoms with Gasteiger partial charge in [-0.1, -0.05) is 18.2 Å². The van der Waals surface area contributed by atoms with Crippen molar-refractivity contribution in [2.24, 2.45) is 0 Å². The maximum Gasteiger partial charge on any atom is 0.203 e. The van der Waals surface area contributed by atoms with Crippen LogP contribution >= 0.6 is 0 Å². The van der Waals surface area contributed by atoms with E-state index in [2.05, 4.69) is 0 Å². The molecule has 0 atom stereocenters.